The maximum Gasteiger partial charge on any atom is 0.254 e. The lowest BCUT2D eigenvalue weighted by atomic mass is 9.96. The van der Waals surface area contributed by atoms with Gasteiger partial charge in [0.15, 0.2) is 0 Å². The lowest BCUT2D eigenvalue weighted by molar-refractivity contribution is 0.0704. The predicted molar refractivity (Wildman–Crippen MR) is 97.0 cm³/mol. The highest BCUT2D eigenvalue weighted by atomic mass is 16.5. The van der Waals surface area contributed by atoms with Crippen molar-refractivity contribution < 1.29 is 9.53 Å². The molecule has 1 N–H and O–H groups in total. The highest BCUT2D eigenvalue weighted by Gasteiger charge is 2.27. The van der Waals surface area contributed by atoms with Crippen LogP contribution in [0.5, 0.6) is 5.75 Å². The van der Waals surface area contributed by atoms with Gasteiger partial charge in [0.1, 0.15) is 11.6 Å². The number of para-hydroxylation sites is 2. The number of imidazole rings is 1. The van der Waals surface area contributed by atoms with Gasteiger partial charge < -0.3 is 14.6 Å². The fourth-order valence-corrected chi connectivity index (χ4v) is 3.49. The van der Waals surface area contributed by atoms with Gasteiger partial charge in [-0.3, -0.25) is 4.79 Å². The number of fused-ring (bicyclic) bond motifs is 1. The average Bonchev–Trinajstić information content (AvgIpc) is 3.12. The molecule has 1 amide bonds. The molecule has 2 aromatic carbocycles. The van der Waals surface area contributed by atoms with Crippen LogP contribution in [-0.2, 0) is 0 Å². The smallest absolute Gasteiger partial charge is 0.254 e. The minimum absolute atomic E-state index is 0.0553. The predicted octanol–water partition coefficient (Wildman–Crippen LogP) is 3.59. The summed E-state index contributed by atoms with van der Waals surface area (Å²) in [6.45, 7) is 1.47. The van der Waals surface area contributed by atoms with Gasteiger partial charge in [0, 0.05) is 24.6 Å². The Morgan fingerprint density at radius 3 is 2.96 bits per heavy atom. The highest BCUT2D eigenvalue weighted by molar-refractivity contribution is 5.94. The fraction of sp³-hybridized carbons (Fsp3) is 0.300. The maximum absolute atomic E-state index is 12.9. The molecule has 0 spiro atoms. The number of aromatic nitrogens is 2. The van der Waals surface area contributed by atoms with Crippen molar-refractivity contribution in [3.05, 3.63) is 59.9 Å². The zero-order valence-corrected chi connectivity index (χ0v) is 14.2. The number of benzene rings is 2. The molecule has 5 heteroatoms. The van der Waals surface area contributed by atoms with E-state index in [9.17, 15) is 4.79 Å². The summed E-state index contributed by atoms with van der Waals surface area (Å²) < 4.78 is 5.23. The molecule has 5 nitrogen and oxygen atoms in total. The Morgan fingerprint density at radius 2 is 2.12 bits per heavy atom. The summed E-state index contributed by atoms with van der Waals surface area (Å²) in [7, 11) is 1.61. The van der Waals surface area contributed by atoms with Gasteiger partial charge in [-0.25, -0.2) is 4.98 Å². The van der Waals surface area contributed by atoms with E-state index in [-0.39, 0.29) is 11.8 Å². The second-order valence-electron chi connectivity index (χ2n) is 6.46. The number of nitrogens with zero attached hydrogens (tertiary/aromatic N) is 2. The number of aromatic amines is 1. The minimum atomic E-state index is 0.0553. The number of carbonyl (C=O) groups is 1. The van der Waals surface area contributed by atoms with Crippen molar-refractivity contribution in [2.45, 2.75) is 18.8 Å². The molecule has 1 saturated heterocycles. The van der Waals surface area contributed by atoms with Crippen LogP contribution in [0.2, 0.25) is 0 Å². The summed E-state index contributed by atoms with van der Waals surface area (Å²) in [5.74, 6) is 1.98. The number of carbonyl (C=O) groups excluding carboxylic acids is 1. The third-order valence-electron chi connectivity index (χ3n) is 4.82. The normalized spacial score (nSPS) is 17.6. The second-order valence-corrected chi connectivity index (χ2v) is 6.46. The van der Waals surface area contributed by atoms with E-state index in [1.165, 1.54) is 0 Å². The van der Waals surface area contributed by atoms with Crippen molar-refractivity contribution in [3.63, 3.8) is 0 Å². The Labute approximate surface area is 146 Å². The van der Waals surface area contributed by atoms with Gasteiger partial charge in [-0.15, -0.1) is 0 Å². The zero-order chi connectivity index (χ0) is 17.2. The van der Waals surface area contributed by atoms with E-state index in [0.29, 0.717) is 17.9 Å². The number of H-pyrrole nitrogens is 1. The summed E-state index contributed by atoms with van der Waals surface area (Å²) in [6.07, 6.45) is 2.03. The Hall–Kier alpha value is -2.82. The summed E-state index contributed by atoms with van der Waals surface area (Å²) in [4.78, 5) is 22.9. The van der Waals surface area contributed by atoms with Crippen LogP contribution in [0.15, 0.2) is 48.5 Å². The molecule has 0 radical (unpaired) electrons. The first-order chi connectivity index (χ1) is 12.2. The van der Waals surface area contributed by atoms with E-state index in [1.807, 2.05) is 47.4 Å². The standard InChI is InChI=1S/C20H21N3O2/c1-25-16-8-4-6-14(12-16)20(24)23-11-5-7-15(13-23)19-21-17-9-2-3-10-18(17)22-19/h2-4,6,8-10,12,15H,5,7,11,13H2,1H3,(H,21,22)/t15-/m0/s1. The molecule has 1 aliphatic rings. The molecular weight excluding hydrogens is 314 g/mol. The van der Waals surface area contributed by atoms with Crippen molar-refractivity contribution in [2.75, 3.05) is 20.2 Å². The molecule has 1 atom stereocenters. The van der Waals surface area contributed by atoms with Crippen LogP contribution in [0.3, 0.4) is 0 Å². The van der Waals surface area contributed by atoms with E-state index in [2.05, 4.69) is 4.98 Å². The van der Waals surface area contributed by atoms with Gasteiger partial charge in [0.05, 0.1) is 18.1 Å². The summed E-state index contributed by atoms with van der Waals surface area (Å²) >= 11 is 0. The SMILES string of the molecule is COc1cccc(C(=O)N2CCC[C@H](c3nc4ccccc4[nH]3)C2)c1. The first kappa shape index (κ1) is 15.7. The number of rotatable bonds is 3. The number of hydrogen-bond donors (Lipinski definition) is 1. The van der Waals surface area contributed by atoms with Crippen LogP contribution in [0.4, 0.5) is 0 Å². The molecule has 0 bridgehead atoms. The topological polar surface area (TPSA) is 58.2 Å². The number of nitrogens with one attached hydrogen (secondary N) is 1. The van der Waals surface area contributed by atoms with Crippen molar-refractivity contribution >= 4 is 16.9 Å². The minimum Gasteiger partial charge on any atom is -0.497 e. The first-order valence-corrected chi connectivity index (χ1v) is 8.62. The van der Waals surface area contributed by atoms with Crippen molar-refractivity contribution in [1.82, 2.24) is 14.9 Å². The number of piperidine rings is 1. The summed E-state index contributed by atoms with van der Waals surface area (Å²) in [6, 6.07) is 15.4. The molecule has 2 heterocycles. The van der Waals surface area contributed by atoms with Crippen molar-refractivity contribution in [2.24, 2.45) is 0 Å². The van der Waals surface area contributed by atoms with E-state index in [0.717, 1.165) is 36.2 Å². The maximum atomic E-state index is 12.9. The fourth-order valence-electron chi connectivity index (χ4n) is 3.49. The molecule has 1 aliphatic heterocycles. The Bertz CT molecular complexity index is 870. The van der Waals surface area contributed by atoms with E-state index >= 15 is 0 Å². The van der Waals surface area contributed by atoms with Gasteiger partial charge >= 0.3 is 0 Å². The van der Waals surface area contributed by atoms with E-state index in [4.69, 9.17) is 9.72 Å². The average molecular weight is 335 g/mol. The third-order valence-corrected chi connectivity index (χ3v) is 4.82. The molecule has 0 aliphatic carbocycles. The molecule has 4 rings (SSSR count). The zero-order valence-electron chi connectivity index (χ0n) is 14.2. The highest BCUT2D eigenvalue weighted by Crippen LogP contribution is 2.28. The van der Waals surface area contributed by atoms with Crippen molar-refractivity contribution in [1.29, 1.82) is 0 Å². The Kier molecular flexibility index (Phi) is 4.14. The number of hydrogen-bond acceptors (Lipinski definition) is 3. The lowest BCUT2D eigenvalue weighted by Gasteiger charge is -2.32. The number of likely N-dealkylation sites (tertiary alicyclic amines) is 1. The third kappa shape index (κ3) is 3.09. The van der Waals surface area contributed by atoms with Gasteiger partial charge in [-0.2, -0.15) is 0 Å². The molecule has 1 fully saturated rings. The molecule has 0 unspecified atom stereocenters. The van der Waals surface area contributed by atoms with Crippen LogP contribution in [0, 0.1) is 0 Å². The molecule has 3 aromatic rings. The molecule has 0 saturated carbocycles. The summed E-state index contributed by atoms with van der Waals surface area (Å²) in [5.41, 5.74) is 2.70. The molecule has 1 aromatic heterocycles. The lowest BCUT2D eigenvalue weighted by Crippen LogP contribution is -2.39. The van der Waals surface area contributed by atoms with Gasteiger partial charge in [-0.05, 0) is 43.2 Å². The Morgan fingerprint density at radius 1 is 1.24 bits per heavy atom. The van der Waals surface area contributed by atoms with Gasteiger partial charge in [0.25, 0.3) is 5.91 Å². The first-order valence-electron chi connectivity index (χ1n) is 8.62. The van der Waals surface area contributed by atoms with Crippen LogP contribution < -0.4 is 4.74 Å². The second kappa shape index (κ2) is 6.59. The number of amides is 1. The van der Waals surface area contributed by atoms with Gasteiger partial charge in [-0.1, -0.05) is 18.2 Å². The number of methoxy groups -OCH3 is 1. The van der Waals surface area contributed by atoms with Crippen molar-refractivity contribution in [3.8, 4) is 5.75 Å². The molecule has 25 heavy (non-hydrogen) atoms. The molecule has 128 valence electrons. The van der Waals surface area contributed by atoms with Crippen LogP contribution >= 0.6 is 0 Å². The van der Waals surface area contributed by atoms with E-state index < -0.39 is 0 Å². The Balaban J connectivity index is 1.54. The number of ether oxygens (including phenoxy) is 1. The quantitative estimate of drug-likeness (QED) is 0.796. The van der Waals surface area contributed by atoms with Crippen LogP contribution in [0.25, 0.3) is 11.0 Å². The monoisotopic (exact) mass is 335 g/mol. The molecular formula is C20H21N3O2. The van der Waals surface area contributed by atoms with E-state index in [1.54, 1.807) is 13.2 Å². The van der Waals surface area contributed by atoms with Crippen LogP contribution in [-0.4, -0.2) is 41.0 Å². The van der Waals surface area contributed by atoms with Crippen LogP contribution in [0.1, 0.15) is 34.9 Å². The largest absolute Gasteiger partial charge is 0.497 e. The van der Waals surface area contributed by atoms with Gasteiger partial charge in [0.2, 0.25) is 0 Å². The summed E-state index contributed by atoms with van der Waals surface area (Å²) in [5, 5.41) is 0.